The molecular formula is C12H11BrF3NO3. The second-order valence-corrected chi connectivity index (χ2v) is 4.82. The van der Waals surface area contributed by atoms with Gasteiger partial charge in [0.15, 0.2) is 0 Å². The Morgan fingerprint density at radius 3 is 2.45 bits per heavy atom. The van der Waals surface area contributed by atoms with Gasteiger partial charge < -0.3 is 10.1 Å². The highest BCUT2D eigenvalue weighted by Gasteiger charge is 2.35. The van der Waals surface area contributed by atoms with E-state index in [0.717, 1.165) is 19.2 Å². The number of nitrogens with one attached hydrogen (secondary N) is 1. The fraction of sp³-hybridized carbons (Fsp3) is 0.333. The van der Waals surface area contributed by atoms with E-state index in [2.05, 4.69) is 26.0 Å². The fourth-order valence-electron chi connectivity index (χ4n) is 1.46. The van der Waals surface area contributed by atoms with Crippen LogP contribution in [-0.2, 0) is 15.7 Å². The van der Waals surface area contributed by atoms with Crippen LogP contribution in [0.2, 0.25) is 0 Å². The first-order valence-electron chi connectivity index (χ1n) is 5.42. The molecular weight excluding hydrogens is 343 g/mol. The normalized spacial score (nSPS) is 12.7. The minimum atomic E-state index is -4.68. The molecule has 0 aliphatic rings. The molecule has 0 aliphatic heterocycles. The maximum absolute atomic E-state index is 12.9. The van der Waals surface area contributed by atoms with Crippen LogP contribution in [0, 0.1) is 0 Å². The van der Waals surface area contributed by atoms with Crippen molar-refractivity contribution in [3.8, 4) is 0 Å². The van der Waals surface area contributed by atoms with E-state index in [1.165, 1.54) is 13.0 Å². The highest BCUT2D eigenvalue weighted by atomic mass is 79.9. The zero-order valence-corrected chi connectivity index (χ0v) is 12.1. The Balaban J connectivity index is 3.08. The molecule has 1 unspecified atom stereocenters. The van der Waals surface area contributed by atoms with Gasteiger partial charge >= 0.3 is 12.1 Å². The van der Waals surface area contributed by atoms with Crippen LogP contribution in [0.4, 0.5) is 13.2 Å². The number of rotatable bonds is 3. The zero-order chi connectivity index (χ0) is 15.5. The van der Waals surface area contributed by atoms with Gasteiger partial charge in [-0.3, -0.25) is 4.79 Å². The number of hydrogen-bond acceptors (Lipinski definition) is 3. The van der Waals surface area contributed by atoms with E-state index >= 15 is 0 Å². The number of hydrogen-bond donors (Lipinski definition) is 1. The van der Waals surface area contributed by atoms with Crippen molar-refractivity contribution in [3.05, 3.63) is 33.8 Å². The number of ether oxygens (including phenoxy) is 1. The Labute approximate surface area is 121 Å². The van der Waals surface area contributed by atoms with Crippen LogP contribution in [0.5, 0.6) is 0 Å². The third-order valence-electron chi connectivity index (χ3n) is 2.43. The van der Waals surface area contributed by atoms with E-state index in [0.29, 0.717) is 0 Å². The lowest BCUT2D eigenvalue weighted by molar-refractivity contribution is -0.142. The molecule has 0 radical (unpaired) electrons. The molecule has 110 valence electrons. The number of carbonyl (C=O) groups excluding carboxylic acids is 2. The Hall–Kier alpha value is -1.57. The summed E-state index contributed by atoms with van der Waals surface area (Å²) in [6.45, 7) is 1.32. The number of methoxy groups -OCH3 is 1. The molecule has 0 spiro atoms. The molecule has 8 heteroatoms. The van der Waals surface area contributed by atoms with Crippen molar-refractivity contribution >= 4 is 27.8 Å². The summed E-state index contributed by atoms with van der Waals surface area (Å²) in [7, 11) is 1.12. The van der Waals surface area contributed by atoms with Crippen molar-refractivity contribution in [1.29, 1.82) is 0 Å². The van der Waals surface area contributed by atoms with Crippen molar-refractivity contribution in [2.45, 2.75) is 19.1 Å². The first-order chi connectivity index (χ1) is 9.16. The summed E-state index contributed by atoms with van der Waals surface area (Å²) in [6.07, 6.45) is -4.68. The summed E-state index contributed by atoms with van der Waals surface area (Å²) in [4.78, 5) is 23.0. The smallest absolute Gasteiger partial charge is 0.417 e. The lowest BCUT2D eigenvalue weighted by Crippen LogP contribution is -2.39. The lowest BCUT2D eigenvalue weighted by Gasteiger charge is -2.15. The van der Waals surface area contributed by atoms with Crippen LogP contribution in [0.3, 0.4) is 0 Å². The Bertz CT molecular complexity index is 531. The molecule has 1 rings (SSSR count). The standard InChI is InChI=1S/C12H11BrF3NO3/c1-6(11(19)20-2)17-10(18)8-4-3-7(13)5-9(8)12(14,15)16/h3-6H,1-2H3,(H,17,18). The fourth-order valence-corrected chi connectivity index (χ4v) is 1.82. The van der Waals surface area contributed by atoms with Crippen molar-refractivity contribution in [2.24, 2.45) is 0 Å². The number of carbonyl (C=O) groups is 2. The average Bonchev–Trinajstić information content (AvgIpc) is 2.36. The van der Waals surface area contributed by atoms with E-state index in [-0.39, 0.29) is 4.47 Å². The third-order valence-corrected chi connectivity index (χ3v) is 2.93. The van der Waals surface area contributed by atoms with Crippen LogP contribution in [-0.4, -0.2) is 25.0 Å². The van der Waals surface area contributed by atoms with Crippen LogP contribution in [0.25, 0.3) is 0 Å². The number of halogens is 4. The van der Waals surface area contributed by atoms with Crippen molar-refractivity contribution in [1.82, 2.24) is 5.32 Å². The van der Waals surface area contributed by atoms with Crippen LogP contribution < -0.4 is 5.32 Å². The number of benzene rings is 1. The van der Waals surface area contributed by atoms with Gasteiger partial charge in [0.25, 0.3) is 5.91 Å². The topological polar surface area (TPSA) is 55.4 Å². The largest absolute Gasteiger partial charge is 0.467 e. The highest BCUT2D eigenvalue weighted by molar-refractivity contribution is 9.10. The van der Waals surface area contributed by atoms with E-state index in [9.17, 15) is 22.8 Å². The first-order valence-corrected chi connectivity index (χ1v) is 6.21. The summed E-state index contributed by atoms with van der Waals surface area (Å²) >= 11 is 2.92. The minimum absolute atomic E-state index is 0.197. The molecule has 0 aromatic heterocycles. The predicted molar refractivity (Wildman–Crippen MR) is 68.1 cm³/mol. The molecule has 0 heterocycles. The molecule has 1 atom stereocenters. The predicted octanol–water partition coefficient (Wildman–Crippen LogP) is 2.76. The minimum Gasteiger partial charge on any atom is -0.467 e. The molecule has 0 bridgehead atoms. The second-order valence-electron chi connectivity index (χ2n) is 3.91. The molecule has 4 nitrogen and oxygen atoms in total. The SMILES string of the molecule is COC(=O)C(C)NC(=O)c1ccc(Br)cc1C(F)(F)F. The molecule has 0 saturated carbocycles. The molecule has 1 N–H and O–H groups in total. The van der Waals surface area contributed by atoms with Gasteiger partial charge in [-0.1, -0.05) is 15.9 Å². The Kier molecular flexibility index (Phi) is 5.15. The van der Waals surface area contributed by atoms with Gasteiger partial charge in [0.2, 0.25) is 0 Å². The number of esters is 1. The van der Waals surface area contributed by atoms with Crippen molar-refractivity contribution < 1.29 is 27.5 Å². The Morgan fingerprint density at radius 1 is 1.35 bits per heavy atom. The van der Waals surface area contributed by atoms with Crippen molar-refractivity contribution in [2.75, 3.05) is 7.11 Å². The van der Waals surface area contributed by atoms with E-state index in [1.54, 1.807) is 0 Å². The monoisotopic (exact) mass is 353 g/mol. The quantitative estimate of drug-likeness (QED) is 0.850. The van der Waals surface area contributed by atoms with E-state index in [4.69, 9.17) is 0 Å². The second kappa shape index (κ2) is 6.25. The summed E-state index contributed by atoms with van der Waals surface area (Å²) in [5, 5.41) is 2.15. The van der Waals surface area contributed by atoms with Gasteiger partial charge in [-0.05, 0) is 25.1 Å². The molecule has 0 fully saturated rings. The molecule has 0 aliphatic carbocycles. The van der Waals surface area contributed by atoms with Gasteiger partial charge in [-0.25, -0.2) is 4.79 Å². The molecule has 1 amide bonds. The summed E-state index contributed by atoms with van der Waals surface area (Å²) in [5.74, 6) is -1.74. The van der Waals surface area contributed by atoms with Crippen LogP contribution >= 0.6 is 15.9 Å². The van der Waals surface area contributed by atoms with Gasteiger partial charge in [-0.15, -0.1) is 0 Å². The van der Waals surface area contributed by atoms with Gasteiger partial charge in [0.05, 0.1) is 18.2 Å². The maximum atomic E-state index is 12.9. The van der Waals surface area contributed by atoms with Crippen molar-refractivity contribution in [3.63, 3.8) is 0 Å². The van der Waals surface area contributed by atoms with Gasteiger partial charge in [0, 0.05) is 4.47 Å². The van der Waals surface area contributed by atoms with E-state index in [1.807, 2.05) is 0 Å². The molecule has 0 saturated heterocycles. The number of amides is 1. The average molecular weight is 354 g/mol. The molecule has 1 aromatic carbocycles. The molecule has 1 aromatic rings. The van der Waals surface area contributed by atoms with Crippen LogP contribution in [0.15, 0.2) is 22.7 Å². The third kappa shape index (κ3) is 3.96. The summed E-state index contributed by atoms with van der Waals surface area (Å²) in [6, 6.07) is 2.11. The molecule has 20 heavy (non-hydrogen) atoms. The highest BCUT2D eigenvalue weighted by Crippen LogP contribution is 2.33. The van der Waals surface area contributed by atoms with Gasteiger partial charge in [0.1, 0.15) is 6.04 Å². The number of alkyl halides is 3. The van der Waals surface area contributed by atoms with Crippen LogP contribution in [0.1, 0.15) is 22.8 Å². The summed E-state index contributed by atoms with van der Waals surface area (Å²) in [5.41, 5.74) is -1.64. The first kappa shape index (κ1) is 16.5. The Morgan fingerprint density at radius 2 is 1.95 bits per heavy atom. The van der Waals surface area contributed by atoms with Gasteiger partial charge in [-0.2, -0.15) is 13.2 Å². The zero-order valence-electron chi connectivity index (χ0n) is 10.5. The maximum Gasteiger partial charge on any atom is 0.417 e. The van der Waals surface area contributed by atoms with E-state index < -0.39 is 35.2 Å². The summed E-state index contributed by atoms with van der Waals surface area (Å²) < 4.78 is 43.2. The lowest BCUT2D eigenvalue weighted by atomic mass is 10.1.